The Morgan fingerprint density at radius 2 is 1.73 bits per heavy atom. The summed E-state index contributed by atoms with van der Waals surface area (Å²) >= 11 is 0. The summed E-state index contributed by atoms with van der Waals surface area (Å²) in [6, 6.07) is 4.92. The van der Waals surface area contributed by atoms with E-state index in [4.69, 9.17) is 8.83 Å². The number of hydrogen-bond donors (Lipinski definition) is 0. The maximum Gasteiger partial charge on any atom is 0.341 e. The van der Waals surface area contributed by atoms with Crippen LogP contribution in [0.4, 0.5) is 0 Å². The second-order valence-corrected chi connectivity index (χ2v) is 4.32. The van der Waals surface area contributed by atoms with Crippen LogP contribution in [0.2, 0.25) is 0 Å². The molecule has 1 atom stereocenters. The molecule has 0 bridgehead atoms. The fourth-order valence-corrected chi connectivity index (χ4v) is 2.04. The van der Waals surface area contributed by atoms with Crippen molar-refractivity contribution < 1.29 is 27.9 Å². The van der Waals surface area contributed by atoms with Crippen LogP contribution < -0.4 is 0 Å². The summed E-state index contributed by atoms with van der Waals surface area (Å²) in [5.41, 5.74) is 0.397. The van der Waals surface area contributed by atoms with Gasteiger partial charge < -0.3 is 18.3 Å². The summed E-state index contributed by atoms with van der Waals surface area (Å²) in [5.74, 6) is -1.52. The highest BCUT2D eigenvalue weighted by atomic mass is 16.5. The molecule has 2 aromatic heterocycles. The van der Waals surface area contributed by atoms with Crippen LogP contribution >= 0.6 is 0 Å². The monoisotopic (exact) mass is 303 g/mol. The van der Waals surface area contributed by atoms with Crippen molar-refractivity contribution in [3.8, 4) is 6.07 Å². The summed E-state index contributed by atoms with van der Waals surface area (Å²) < 4.78 is 19.7. The van der Waals surface area contributed by atoms with Gasteiger partial charge in [-0.05, 0) is 12.1 Å². The van der Waals surface area contributed by atoms with Crippen LogP contribution in [-0.4, -0.2) is 26.2 Å². The molecule has 0 radical (unpaired) electrons. The molecule has 22 heavy (non-hydrogen) atoms. The van der Waals surface area contributed by atoms with Crippen LogP contribution in [0.25, 0.3) is 0 Å². The molecule has 0 aliphatic rings. The van der Waals surface area contributed by atoms with Crippen LogP contribution in [0, 0.1) is 11.3 Å². The van der Waals surface area contributed by atoms with Crippen LogP contribution in [-0.2, 0) is 15.9 Å². The smallest absolute Gasteiger partial charge is 0.341 e. The molecule has 2 rings (SSSR count). The number of furan rings is 2. The Bertz CT molecular complexity index is 720. The van der Waals surface area contributed by atoms with Gasteiger partial charge in [-0.15, -0.1) is 0 Å². The van der Waals surface area contributed by atoms with E-state index in [0.29, 0.717) is 0 Å². The second kappa shape index (κ2) is 6.63. The van der Waals surface area contributed by atoms with Crippen molar-refractivity contribution in [3.05, 3.63) is 47.3 Å². The third-order valence-electron chi connectivity index (χ3n) is 3.11. The summed E-state index contributed by atoms with van der Waals surface area (Å²) in [6.45, 7) is 0. The minimum absolute atomic E-state index is 0.0610. The largest absolute Gasteiger partial charge is 0.468 e. The van der Waals surface area contributed by atoms with E-state index < -0.39 is 17.9 Å². The van der Waals surface area contributed by atoms with Gasteiger partial charge in [-0.1, -0.05) is 0 Å². The highest BCUT2D eigenvalue weighted by Gasteiger charge is 2.27. The van der Waals surface area contributed by atoms with Gasteiger partial charge in [-0.25, -0.2) is 9.59 Å². The van der Waals surface area contributed by atoms with E-state index in [0.717, 1.165) is 0 Å². The number of esters is 2. The first kappa shape index (κ1) is 15.4. The van der Waals surface area contributed by atoms with Crippen molar-refractivity contribution in [1.82, 2.24) is 0 Å². The minimum atomic E-state index is -0.807. The lowest BCUT2D eigenvalue weighted by atomic mass is 9.98. The molecule has 1 unspecified atom stereocenters. The fraction of sp³-hybridized carbons (Fsp3) is 0.267. The molecule has 0 saturated carbocycles. The lowest BCUT2D eigenvalue weighted by molar-refractivity contribution is 0.0587. The number of methoxy groups -OCH3 is 2. The van der Waals surface area contributed by atoms with Gasteiger partial charge in [0.15, 0.2) is 0 Å². The molecular weight excluding hydrogens is 290 g/mol. The van der Waals surface area contributed by atoms with Gasteiger partial charge in [0.25, 0.3) is 0 Å². The molecule has 0 saturated heterocycles. The molecule has 0 aliphatic heterocycles. The first-order valence-corrected chi connectivity index (χ1v) is 6.32. The number of carbonyl (C=O) groups excluding carboxylic acids is 2. The maximum absolute atomic E-state index is 11.7. The van der Waals surface area contributed by atoms with Gasteiger partial charge in [-0.3, -0.25) is 0 Å². The predicted octanol–water partition coefficient (Wildman–Crippen LogP) is 2.30. The molecule has 0 amide bonds. The Balaban J connectivity index is 2.30. The van der Waals surface area contributed by atoms with Gasteiger partial charge in [-0.2, -0.15) is 5.26 Å². The molecule has 7 nitrogen and oxygen atoms in total. The molecule has 0 aromatic carbocycles. The Kier molecular flexibility index (Phi) is 4.63. The van der Waals surface area contributed by atoms with Crippen molar-refractivity contribution in [2.75, 3.05) is 14.2 Å². The first-order valence-electron chi connectivity index (χ1n) is 6.32. The SMILES string of the molecule is COC(=O)c1ccoc1CC(C#N)c1occc1C(=O)OC. The van der Waals surface area contributed by atoms with Gasteiger partial charge >= 0.3 is 11.9 Å². The standard InChI is InChI=1S/C15H13NO6/c1-19-14(17)10-3-5-21-12(10)7-9(8-16)13-11(4-6-22-13)15(18)20-2/h3-6,9H,7H2,1-2H3. The van der Waals surface area contributed by atoms with E-state index in [1.807, 2.05) is 6.07 Å². The molecular formula is C15H13NO6. The Morgan fingerprint density at radius 3 is 2.36 bits per heavy atom. The molecule has 7 heteroatoms. The molecule has 0 fully saturated rings. The van der Waals surface area contributed by atoms with Gasteiger partial charge in [0.2, 0.25) is 0 Å². The molecule has 0 aliphatic carbocycles. The Morgan fingerprint density at radius 1 is 1.14 bits per heavy atom. The van der Waals surface area contributed by atoms with E-state index in [1.54, 1.807) is 0 Å². The van der Waals surface area contributed by atoms with Crippen molar-refractivity contribution in [2.45, 2.75) is 12.3 Å². The molecule has 2 aromatic rings. The number of nitrogens with zero attached hydrogens (tertiary/aromatic N) is 1. The topological polar surface area (TPSA) is 103 Å². The van der Waals surface area contributed by atoms with Crippen LogP contribution in [0.3, 0.4) is 0 Å². The first-order chi connectivity index (χ1) is 10.6. The van der Waals surface area contributed by atoms with Crippen LogP contribution in [0.5, 0.6) is 0 Å². The third kappa shape index (κ3) is 2.86. The summed E-state index contributed by atoms with van der Waals surface area (Å²) in [5, 5.41) is 9.34. The van der Waals surface area contributed by atoms with Crippen molar-refractivity contribution in [2.24, 2.45) is 0 Å². The van der Waals surface area contributed by atoms with Gasteiger partial charge in [0.05, 0.1) is 32.8 Å². The van der Waals surface area contributed by atoms with Crippen LogP contribution in [0.1, 0.15) is 38.2 Å². The van der Waals surface area contributed by atoms with Crippen molar-refractivity contribution in [1.29, 1.82) is 5.26 Å². The zero-order valence-electron chi connectivity index (χ0n) is 12.0. The zero-order chi connectivity index (χ0) is 16.1. The van der Waals surface area contributed by atoms with Crippen molar-refractivity contribution in [3.63, 3.8) is 0 Å². The molecule has 2 heterocycles. The molecule has 0 spiro atoms. The highest BCUT2D eigenvalue weighted by molar-refractivity contribution is 5.91. The van der Waals surface area contributed by atoms with E-state index in [2.05, 4.69) is 9.47 Å². The number of nitriles is 1. The van der Waals surface area contributed by atoms with Gasteiger partial charge in [0.1, 0.15) is 28.6 Å². The van der Waals surface area contributed by atoms with E-state index in [9.17, 15) is 14.9 Å². The quantitative estimate of drug-likeness (QED) is 0.780. The molecule has 114 valence electrons. The second-order valence-electron chi connectivity index (χ2n) is 4.32. The molecule has 0 N–H and O–H groups in total. The Hall–Kier alpha value is -3.01. The average molecular weight is 303 g/mol. The van der Waals surface area contributed by atoms with E-state index in [-0.39, 0.29) is 29.1 Å². The number of hydrogen-bond acceptors (Lipinski definition) is 7. The number of rotatable bonds is 5. The third-order valence-corrected chi connectivity index (χ3v) is 3.11. The zero-order valence-corrected chi connectivity index (χ0v) is 12.0. The van der Waals surface area contributed by atoms with Crippen LogP contribution in [0.15, 0.2) is 33.5 Å². The summed E-state index contributed by atoms with van der Waals surface area (Å²) in [7, 11) is 2.49. The number of ether oxygens (including phenoxy) is 2. The lowest BCUT2D eigenvalue weighted by Crippen LogP contribution is -2.10. The van der Waals surface area contributed by atoms with E-state index in [1.165, 1.54) is 38.9 Å². The average Bonchev–Trinajstić information content (AvgIpc) is 3.19. The maximum atomic E-state index is 11.7. The number of carbonyl (C=O) groups is 2. The fourth-order valence-electron chi connectivity index (χ4n) is 2.04. The lowest BCUT2D eigenvalue weighted by Gasteiger charge is -2.08. The highest BCUT2D eigenvalue weighted by Crippen LogP contribution is 2.27. The Labute approximate surface area is 126 Å². The van der Waals surface area contributed by atoms with Gasteiger partial charge in [0, 0.05) is 6.42 Å². The summed E-state index contributed by atoms with van der Waals surface area (Å²) in [4.78, 5) is 23.3. The minimum Gasteiger partial charge on any atom is -0.468 e. The normalized spacial score (nSPS) is 11.5. The van der Waals surface area contributed by atoms with Crippen molar-refractivity contribution >= 4 is 11.9 Å². The summed E-state index contributed by atoms with van der Waals surface area (Å²) in [6.07, 6.45) is 2.69. The predicted molar refractivity (Wildman–Crippen MR) is 72.2 cm³/mol. The van der Waals surface area contributed by atoms with E-state index >= 15 is 0 Å².